The van der Waals surface area contributed by atoms with Crippen molar-refractivity contribution in [2.45, 2.75) is 40.0 Å². The molecular formula is C30H31ClN6O5. The van der Waals surface area contributed by atoms with E-state index in [1.807, 2.05) is 27.7 Å². The molecule has 0 saturated heterocycles. The zero-order valence-corrected chi connectivity index (χ0v) is 25.1. The zero-order valence-electron chi connectivity index (χ0n) is 24.3. The first-order valence-electron chi connectivity index (χ1n) is 13.1. The molecule has 12 heteroatoms. The van der Waals surface area contributed by atoms with Crippen LogP contribution in [-0.2, 0) is 5.41 Å². The van der Waals surface area contributed by atoms with Gasteiger partial charge in [-0.25, -0.2) is 9.78 Å². The van der Waals surface area contributed by atoms with E-state index in [0.717, 1.165) is 10.9 Å². The van der Waals surface area contributed by atoms with Gasteiger partial charge in [0.05, 0.1) is 41.7 Å². The summed E-state index contributed by atoms with van der Waals surface area (Å²) in [6.07, 6.45) is 1.64. The maximum Gasteiger partial charge on any atom is 0.324 e. The number of H-pyrrole nitrogens is 1. The van der Waals surface area contributed by atoms with Gasteiger partial charge >= 0.3 is 6.03 Å². The minimum atomic E-state index is -0.510. The lowest BCUT2D eigenvalue weighted by Crippen LogP contribution is -2.20. The third-order valence-corrected chi connectivity index (χ3v) is 6.86. The number of aromatic amines is 1. The fourth-order valence-corrected chi connectivity index (χ4v) is 4.63. The highest BCUT2D eigenvalue weighted by Gasteiger charge is 2.26. The van der Waals surface area contributed by atoms with E-state index in [2.05, 4.69) is 25.8 Å². The smallest absolute Gasteiger partial charge is 0.324 e. The number of carbonyl (C=O) groups excluding carboxylic acids is 1. The van der Waals surface area contributed by atoms with Crippen LogP contribution >= 0.6 is 11.6 Å². The summed E-state index contributed by atoms with van der Waals surface area (Å²) in [6.45, 7) is 9.71. The lowest BCUT2D eigenvalue weighted by molar-refractivity contribution is 0.262. The molecule has 0 bridgehead atoms. The number of anilines is 2. The van der Waals surface area contributed by atoms with E-state index < -0.39 is 6.03 Å². The molecule has 5 aromatic rings. The van der Waals surface area contributed by atoms with Crippen molar-refractivity contribution in [1.82, 2.24) is 20.1 Å². The van der Waals surface area contributed by atoms with Crippen LogP contribution in [0.25, 0.3) is 22.2 Å². The van der Waals surface area contributed by atoms with Gasteiger partial charge in [-0.3, -0.25) is 10.3 Å². The Morgan fingerprint density at radius 2 is 1.74 bits per heavy atom. The molecule has 0 fully saturated rings. The molecule has 2 aromatic carbocycles. The first kappa shape index (κ1) is 28.7. The van der Waals surface area contributed by atoms with E-state index in [0.29, 0.717) is 63.0 Å². The van der Waals surface area contributed by atoms with Crippen LogP contribution in [0.15, 0.2) is 47.1 Å². The minimum absolute atomic E-state index is 0.284. The summed E-state index contributed by atoms with van der Waals surface area (Å²) in [4.78, 5) is 25.5. The number of hydrogen-bond acceptors (Lipinski definition) is 8. The number of nitrogens with zero attached hydrogens (tertiary/aromatic N) is 3. The van der Waals surface area contributed by atoms with Gasteiger partial charge in [0.2, 0.25) is 0 Å². The fourth-order valence-electron chi connectivity index (χ4n) is 4.41. The number of methoxy groups -OCH3 is 2. The Bertz CT molecular complexity index is 1770. The predicted molar refractivity (Wildman–Crippen MR) is 161 cm³/mol. The molecule has 0 radical (unpaired) electrons. The number of aryl methyl sites for hydroxylation is 2. The van der Waals surface area contributed by atoms with E-state index in [1.165, 1.54) is 0 Å². The highest BCUT2D eigenvalue weighted by Crippen LogP contribution is 2.38. The van der Waals surface area contributed by atoms with Crippen LogP contribution in [-0.4, -0.2) is 40.4 Å². The van der Waals surface area contributed by atoms with Gasteiger partial charge in [-0.15, -0.1) is 0 Å². The fraction of sp³-hybridized carbons (Fsp3) is 0.267. The second-order valence-corrected chi connectivity index (χ2v) is 11.0. The van der Waals surface area contributed by atoms with Crippen LogP contribution in [0.1, 0.15) is 38.0 Å². The molecule has 0 aliphatic carbocycles. The van der Waals surface area contributed by atoms with Crippen LogP contribution in [0.4, 0.5) is 16.3 Å². The van der Waals surface area contributed by atoms with Crippen molar-refractivity contribution >= 4 is 40.0 Å². The van der Waals surface area contributed by atoms with Gasteiger partial charge in [-0.05, 0) is 38.1 Å². The first-order valence-corrected chi connectivity index (χ1v) is 13.5. The Morgan fingerprint density at radius 1 is 1.00 bits per heavy atom. The Balaban J connectivity index is 1.36. The number of urea groups is 1. The summed E-state index contributed by atoms with van der Waals surface area (Å²) < 4.78 is 22.3. The average Bonchev–Trinajstić information content (AvgIpc) is 3.51. The average molecular weight is 591 g/mol. The summed E-state index contributed by atoms with van der Waals surface area (Å²) in [7, 11) is 3.13. The third kappa shape index (κ3) is 5.68. The molecule has 5 rings (SSSR count). The molecule has 0 saturated carbocycles. The first-order chi connectivity index (χ1) is 20.0. The monoisotopic (exact) mass is 590 g/mol. The topological polar surface area (TPSA) is 136 Å². The number of pyridine rings is 1. The van der Waals surface area contributed by atoms with Crippen LogP contribution in [0.2, 0.25) is 5.02 Å². The third-order valence-electron chi connectivity index (χ3n) is 6.55. The lowest BCUT2D eigenvalue weighted by atomic mass is 9.96. The molecule has 3 heterocycles. The maximum absolute atomic E-state index is 13.1. The number of carbonyl (C=O) groups is 1. The van der Waals surface area contributed by atoms with Crippen molar-refractivity contribution in [2.75, 3.05) is 24.9 Å². The Kier molecular flexibility index (Phi) is 7.70. The van der Waals surface area contributed by atoms with E-state index >= 15 is 0 Å². The second kappa shape index (κ2) is 11.2. The van der Waals surface area contributed by atoms with Crippen molar-refractivity contribution in [3.05, 3.63) is 64.9 Å². The number of fused-ring (bicyclic) bond motifs is 1. The van der Waals surface area contributed by atoms with Crippen molar-refractivity contribution in [3.63, 3.8) is 0 Å². The molecule has 0 atom stereocenters. The quantitative estimate of drug-likeness (QED) is 0.176. The molecule has 0 aliphatic rings. The predicted octanol–water partition coefficient (Wildman–Crippen LogP) is 7.63. The van der Waals surface area contributed by atoms with Gasteiger partial charge in [0, 0.05) is 29.1 Å². The van der Waals surface area contributed by atoms with Gasteiger partial charge in [-0.2, -0.15) is 0 Å². The molecule has 0 aliphatic heterocycles. The normalized spacial score (nSPS) is 11.4. The van der Waals surface area contributed by atoms with E-state index in [4.69, 9.17) is 35.3 Å². The molecule has 3 N–H and O–H groups in total. The molecule has 3 aromatic heterocycles. The molecule has 2 amide bonds. The summed E-state index contributed by atoms with van der Waals surface area (Å²) in [6, 6.07) is 9.80. The largest absolute Gasteiger partial charge is 0.493 e. The van der Waals surface area contributed by atoms with Crippen molar-refractivity contribution in [3.8, 4) is 34.3 Å². The highest BCUT2D eigenvalue weighted by atomic mass is 35.5. The summed E-state index contributed by atoms with van der Waals surface area (Å²) in [5, 5.41) is 10.7. The van der Waals surface area contributed by atoms with Crippen LogP contribution in [0.3, 0.4) is 0 Å². The standard InChI is InChI=1S/C30H31ClN6O5/c1-15-25(16(2)42-37-15)26-27(35-28(34-26)30(3,4)5)36-29(38)33-20-9-8-17(12-19(20)31)41-22-10-11-32-21-14-24(40-7)23(39-6)13-18(21)22/h8-14H,1-7H3,(H,34,35)(H2,33,36,38). The summed E-state index contributed by atoms with van der Waals surface area (Å²) in [5.41, 5.74) is 2.70. The molecule has 11 nitrogen and oxygen atoms in total. The van der Waals surface area contributed by atoms with E-state index in [1.54, 1.807) is 63.7 Å². The molecular weight excluding hydrogens is 560 g/mol. The molecule has 42 heavy (non-hydrogen) atoms. The van der Waals surface area contributed by atoms with Crippen molar-refractivity contribution < 1.29 is 23.5 Å². The lowest BCUT2D eigenvalue weighted by Gasteiger charge is -2.14. The van der Waals surface area contributed by atoms with Gasteiger partial charge in [-0.1, -0.05) is 37.5 Å². The van der Waals surface area contributed by atoms with Gasteiger partial charge in [0.1, 0.15) is 34.6 Å². The van der Waals surface area contributed by atoms with Gasteiger partial charge in [0.25, 0.3) is 0 Å². The Hall–Kier alpha value is -4.77. The molecule has 218 valence electrons. The number of ether oxygens (including phenoxy) is 3. The molecule has 0 unspecified atom stereocenters. The number of nitrogens with one attached hydrogen (secondary N) is 3. The zero-order chi connectivity index (χ0) is 30.2. The summed E-state index contributed by atoms with van der Waals surface area (Å²) in [5.74, 6) is 3.85. The van der Waals surface area contributed by atoms with E-state index in [9.17, 15) is 4.79 Å². The Morgan fingerprint density at radius 3 is 2.38 bits per heavy atom. The number of amides is 2. The number of aromatic nitrogens is 4. The van der Waals surface area contributed by atoms with E-state index in [-0.39, 0.29) is 10.4 Å². The number of imidazole rings is 1. The second-order valence-electron chi connectivity index (χ2n) is 10.6. The van der Waals surface area contributed by atoms with Crippen LogP contribution in [0, 0.1) is 13.8 Å². The number of halogens is 1. The minimum Gasteiger partial charge on any atom is -0.493 e. The number of hydrogen-bond donors (Lipinski definition) is 3. The van der Waals surface area contributed by atoms with Crippen LogP contribution < -0.4 is 24.8 Å². The number of rotatable bonds is 7. The van der Waals surface area contributed by atoms with Crippen molar-refractivity contribution in [2.24, 2.45) is 0 Å². The number of benzene rings is 2. The van der Waals surface area contributed by atoms with Crippen LogP contribution in [0.5, 0.6) is 23.0 Å². The Labute approximate surface area is 247 Å². The van der Waals surface area contributed by atoms with Gasteiger partial charge in [0.15, 0.2) is 11.5 Å². The molecule has 0 spiro atoms. The summed E-state index contributed by atoms with van der Waals surface area (Å²) >= 11 is 6.55. The maximum atomic E-state index is 13.1. The SMILES string of the molecule is COc1cc2nccc(Oc3ccc(NC(=O)Nc4[nH]c(C(C)(C)C)nc4-c4c(C)noc4C)c(Cl)c3)c2cc1OC. The van der Waals surface area contributed by atoms with Gasteiger partial charge < -0.3 is 29.0 Å². The highest BCUT2D eigenvalue weighted by molar-refractivity contribution is 6.34. The van der Waals surface area contributed by atoms with Crippen molar-refractivity contribution in [1.29, 1.82) is 0 Å².